The van der Waals surface area contributed by atoms with Crippen molar-refractivity contribution in [2.75, 3.05) is 63.0 Å². The molecule has 1 N–H and O–H groups in total. The molecule has 3 rings (SSSR count). The quantitative estimate of drug-likeness (QED) is 0.361. The molecule has 0 atom stereocenters. The van der Waals surface area contributed by atoms with E-state index in [0.717, 1.165) is 50.9 Å². The lowest BCUT2D eigenvalue weighted by atomic mass is 10.3. The highest BCUT2D eigenvalue weighted by Gasteiger charge is 2.27. The summed E-state index contributed by atoms with van der Waals surface area (Å²) in [4.78, 5) is 13.6. The lowest BCUT2D eigenvalue weighted by molar-refractivity contribution is 0.370. The number of halogens is 1. The largest absolute Gasteiger partial charge is 0.357 e. The van der Waals surface area contributed by atoms with Gasteiger partial charge in [-0.15, -0.1) is 24.0 Å². The molecule has 2 aliphatic heterocycles. The highest BCUT2D eigenvalue weighted by atomic mass is 127. The number of piperazine rings is 1. The monoisotopic (exact) mass is 508 g/mol. The third-order valence-electron chi connectivity index (χ3n) is 4.70. The number of hydrogen-bond acceptors (Lipinski definition) is 5. The summed E-state index contributed by atoms with van der Waals surface area (Å²) >= 11 is 0. The topological polar surface area (TPSA) is 81.1 Å². The summed E-state index contributed by atoms with van der Waals surface area (Å²) in [6.07, 6.45) is 2.54. The van der Waals surface area contributed by atoms with E-state index in [9.17, 15) is 8.42 Å². The summed E-state index contributed by atoms with van der Waals surface area (Å²) < 4.78 is 25.3. The Morgan fingerprint density at radius 3 is 2.59 bits per heavy atom. The molecule has 152 valence electrons. The van der Waals surface area contributed by atoms with Crippen LogP contribution in [0.3, 0.4) is 0 Å². The Balaban J connectivity index is 0.00000261. The molecule has 0 aliphatic carbocycles. The normalized spacial score (nSPS) is 20.4. The van der Waals surface area contributed by atoms with Crippen LogP contribution < -0.4 is 10.2 Å². The maximum atomic E-state index is 11.9. The first kappa shape index (κ1) is 22.2. The minimum atomic E-state index is -3.04. The zero-order chi connectivity index (χ0) is 18.4. The number of pyridine rings is 1. The summed E-state index contributed by atoms with van der Waals surface area (Å²) in [7, 11) is -3.04. The number of anilines is 1. The predicted octanol–water partition coefficient (Wildman–Crippen LogP) is 0.823. The number of nitrogens with zero attached hydrogens (tertiary/aromatic N) is 5. The van der Waals surface area contributed by atoms with Crippen molar-refractivity contribution >= 4 is 45.8 Å². The highest BCUT2D eigenvalue weighted by Crippen LogP contribution is 2.14. The fourth-order valence-corrected chi connectivity index (χ4v) is 4.84. The standard InChI is InChI=1S/C17H28N6O2S.HI/c1-2-18-17(20-8-10-23-9-5-15-26(23,24)25)22-13-11-21(12-14-22)16-6-3-4-7-19-16;/h3-4,6-7H,2,5,8-15H2,1H3,(H,18,20);1H. The van der Waals surface area contributed by atoms with Gasteiger partial charge in [0.15, 0.2) is 5.96 Å². The minimum absolute atomic E-state index is 0. The van der Waals surface area contributed by atoms with Gasteiger partial charge >= 0.3 is 0 Å². The second-order valence-electron chi connectivity index (χ2n) is 6.47. The Morgan fingerprint density at radius 2 is 2.00 bits per heavy atom. The third kappa shape index (κ3) is 5.92. The molecule has 3 heterocycles. The van der Waals surface area contributed by atoms with Crippen LogP contribution in [0.5, 0.6) is 0 Å². The fourth-order valence-electron chi connectivity index (χ4n) is 3.32. The molecule has 2 saturated heterocycles. The number of aromatic nitrogens is 1. The van der Waals surface area contributed by atoms with Crippen LogP contribution in [0, 0.1) is 0 Å². The molecule has 2 aliphatic rings. The van der Waals surface area contributed by atoms with Crippen LogP contribution in [0.25, 0.3) is 0 Å². The smallest absolute Gasteiger partial charge is 0.214 e. The van der Waals surface area contributed by atoms with E-state index in [-0.39, 0.29) is 29.7 Å². The van der Waals surface area contributed by atoms with Crippen LogP contribution in [-0.4, -0.2) is 86.7 Å². The van der Waals surface area contributed by atoms with E-state index in [4.69, 9.17) is 0 Å². The van der Waals surface area contributed by atoms with Gasteiger partial charge < -0.3 is 15.1 Å². The van der Waals surface area contributed by atoms with Gasteiger partial charge in [-0.2, -0.15) is 0 Å². The summed E-state index contributed by atoms with van der Waals surface area (Å²) in [6, 6.07) is 5.97. The molecule has 8 nitrogen and oxygen atoms in total. The molecular weight excluding hydrogens is 479 g/mol. The maximum absolute atomic E-state index is 11.9. The summed E-state index contributed by atoms with van der Waals surface area (Å²) in [5.74, 6) is 2.14. The molecule has 27 heavy (non-hydrogen) atoms. The van der Waals surface area contributed by atoms with Gasteiger partial charge in [-0.05, 0) is 25.5 Å². The van der Waals surface area contributed by atoms with Gasteiger partial charge in [-0.25, -0.2) is 17.7 Å². The van der Waals surface area contributed by atoms with Crippen LogP contribution in [0.1, 0.15) is 13.3 Å². The van der Waals surface area contributed by atoms with E-state index in [0.29, 0.717) is 19.6 Å². The lowest BCUT2D eigenvalue weighted by Crippen LogP contribution is -2.52. The lowest BCUT2D eigenvalue weighted by Gasteiger charge is -2.37. The first-order valence-electron chi connectivity index (χ1n) is 9.27. The fraction of sp³-hybridized carbons (Fsp3) is 0.647. The molecule has 0 aromatic carbocycles. The Kier molecular flexibility index (Phi) is 8.55. The first-order valence-corrected chi connectivity index (χ1v) is 10.9. The van der Waals surface area contributed by atoms with Gasteiger partial charge in [0.05, 0.1) is 12.3 Å². The van der Waals surface area contributed by atoms with Crippen LogP contribution in [0.15, 0.2) is 29.4 Å². The Bertz CT molecular complexity index is 707. The predicted molar refractivity (Wildman–Crippen MR) is 119 cm³/mol. The van der Waals surface area contributed by atoms with Crippen molar-refractivity contribution in [3.8, 4) is 0 Å². The van der Waals surface area contributed by atoms with E-state index >= 15 is 0 Å². The minimum Gasteiger partial charge on any atom is -0.357 e. The SMILES string of the molecule is CCNC(=NCCN1CCCS1(=O)=O)N1CCN(c2ccccn2)CC1.I. The van der Waals surface area contributed by atoms with Crippen molar-refractivity contribution in [1.29, 1.82) is 0 Å². The Labute approximate surface area is 179 Å². The molecule has 10 heteroatoms. The van der Waals surface area contributed by atoms with Crippen molar-refractivity contribution in [2.45, 2.75) is 13.3 Å². The Hall–Kier alpha value is -1.14. The van der Waals surface area contributed by atoms with Crippen LogP contribution in [0.4, 0.5) is 5.82 Å². The molecule has 0 radical (unpaired) electrons. The molecule has 2 fully saturated rings. The van der Waals surface area contributed by atoms with Crippen molar-refractivity contribution in [3.05, 3.63) is 24.4 Å². The Morgan fingerprint density at radius 1 is 1.22 bits per heavy atom. The molecule has 1 aromatic heterocycles. The number of sulfonamides is 1. The molecule has 0 amide bonds. The highest BCUT2D eigenvalue weighted by molar-refractivity contribution is 14.0. The van der Waals surface area contributed by atoms with E-state index in [2.05, 4.69) is 25.1 Å². The molecule has 0 saturated carbocycles. The van der Waals surface area contributed by atoms with E-state index in [1.807, 2.05) is 31.3 Å². The number of rotatable bonds is 5. The van der Waals surface area contributed by atoms with Crippen LogP contribution >= 0.6 is 24.0 Å². The van der Waals surface area contributed by atoms with Gasteiger partial charge in [0.1, 0.15) is 5.82 Å². The molecule has 0 unspecified atom stereocenters. The zero-order valence-electron chi connectivity index (χ0n) is 15.7. The number of nitrogens with one attached hydrogen (secondary N) is 1. The maximum Gasteiger partial charge on any atom is 0.214 e. The summed E-state index contributed by atoms with van der Waals surface area (Å²) in [5, 5.41) is 3.33. The van der Waals surface area contributed by atoms with Crippen molar-refractivity contribution in [3.63, 3.8) is 0 Å². The van der Waals surface area contributed by atoms with E-state index < -0.39 is 10.0 Å². The number of aliphatic imine (C=N–C) groups is 1. The molecule has 1 aromatic rings. The molecule has 0 spiro atoms. The van der Waals surface area contributed by atoms with Gasteiger partial charge in [0, 0.05) is 52.0 Å². The molecule has 0 bridgehead atoms. The van der Waals surface area contributed by atoms with E-state index in [1.54, 1.807) is 4.31 Å². The van der Waals surface area contributed by atoms with E-state index in [1.165, 1.54) is 0 Å². The van der Waals surface area contributed by atoms with Gasteiger partial charge in [0.2, 0.25) is 10.0 Å². The van der Waals surface area contributed by atoms with Crippen molar-refractivity contribution < 1.29 is 8.42 Å². The summed E-state index contributed by atoms with van der Waals surface area (Å²) in [5.41, 5.74) is 0. The first-order chi connectivity index (χ1) is 12.6. The third-order valence-corrected chi connectivity index (χ3v) is 6.66. The average Bonchev–Trinajstić information content (AvgIpc) is 3.00. The number of hydrogen-bond donors (Lipinski definition) is 1. The van der Waals surface area contributed by atoms with Crippen LogP contribution in [-0.2, 0) is 10.0 Å². The second kappa shape index (κ2) is 10.4. The second-order valence-corrected chi connectivity index (χ2v) is 8.55. The zero-order valence-corrected chi connectivity index (χ0v) is 18.9. The summed E-state index contributed by atoms with van der Waals surface area (Å²) in [6.45, 7) is 7.93. The van der Waals surface area contributed by atoms with Crippen molar-refractivity contribution in [2.24, 2.45) is 4.99 Å². The average molecular weight is 508 g/mol. The van der Waals surface area contributed by atoms with Gasteiger partial charge in [-0.3, -0.25) is 4.99 Å². The van der Waals surface area contributed by atoms with Crippen LogP contribution in [0.2, 0.25) is 0 Å². The number of guanidine groups is 1. The van der Waals surface area contributed by atoms with Gasteiger partial charge in [0.25, 0.3) is 0 Å². The molecular formula is C17H29IN6O2S. The van der Waals surface area contributed by atoms with Crippen molar-refractivity contribution in [1.82, 2.24) is 19.5 Å². The van der Waals surface area contributed by atoms with Gasteiger partial charge in [-0.1, -0.05) is 6.07 Å².